The van der Waals surface area contributed by atoms with Crippen molar-refractivity contribution < 1.29 is 36.3 Å². The molecule has 2 aromatic carbocycles. The van der Waals surface area contributed by atoms with Gasteiger partial charge in [-0.2, -0.15) is 33.3 Å². The van der Waals surface area contributed by atoms with E-state index in [0.29, 0.717) is 24.1 Å². The number of rotatable bonds is 12. The minimum absolute atomic E-state index is 0.00563. The number of alkyl halides is 5. The second kappa shape index (κ2) is 13.4. The first kappa shape index (κ1) is 36.2. The molecule has 3 heterocycles. The fourth-order valence-electron chi connectivity index (χ4n) is 6.25. The second-order valence-electron chi connectivity index (χ2n) is 14.0. The summed E-state index contributed by atoms with van der Waals surface area (Å²) in [5, 5.41) is 15.3. The number of aliphatic imine (C=N–C) groups is 1. The van der Waals surface area contributed by atoms with E-state index in [1.54, 1.807) is 23.1 Å². The molecule has 4 aromatic rings. The van der Waals surface area contributed by atoms with E-state index in [9.17, 15) is 31.5 Å². The summed E-state index contributed by atoms with van der Waals surface area (Å²) >= 11 is 6.43. The molecule has 7 rings (SSSR count). The summed E-state index contributed by atoms with van der Waals surface area (Å²) in [4.78, 5) is 38.3. The molecule has 19 heteroatoms. The standard InChI is InChI=1S/C34H34ClF5N10O3/c1-32(2,34(38,39)40)16-33(20-6-3-18(4-7-20)24-14-44-50(47-24)21-8-9-21)29(51)48(30(41)46-33)26(15-42-31(52)53-22-10-11-22)19-5-12-23(35)25(13-19)49-28(27(36)37)43-17-45-49/h3-7,12-14,17,21-22,26-27H,8-11,15-16H2,1-2H3,(H2,41,46)(H,42,52)/t26-,33-/m1/s1. The lowest BCUT2D eigenvalue weighted by Crippen LogP contribution is -2.50. The van der Waals surface area contributed by atoms with Gasteiger partial charge in [0.05, 0.1) is 34.4 Å². The molecular formula is C34H34ClF5N10O3. The predicted molar refractivity (Wildman–Crippen MR) is 180 cm³/mol. The van der Waals surface area contributed by atoms with E-state index in [1.807, 2.05) is 0 Å². The van der Waals surface area contributed by atoms with E-state index in [0.717, 1.165) is 42.6 Å². The first-order valence-corrected chi connectivity index (χ1v) is 17.2. The van der Waals surface area contributed by atoms with Crippen molar-refractivity contribution in [2.24, 2.45) is 16.1 Å². The number of nitrogens with two attached hydrogens (primary N) is 1. The van der Waals surface area contributed by atoms with Crippen LogP contribution >= 0.6 is 11.6 Å². The molecule has 2 aromatic heterocycles. The van der Waals surface area contributed by atoms with E-state index in [-0.39, 0.29) is 40.5 Å². The minimum Gasteiger partial charge on any atom is -0.446 e. The topological polar surface area (TPSA) is 158 Å². The summed E-state index contributed by atoms with van der Waals surface area (Å²) in [5.74, 6) is -2.05. The third-order valence-corrected chi connectivity index (χ3v) is 9.85. The molecule has 0 bridgehead atoms. The van der Waals surface area contributed by atoms with Gasteiger partial charge in [0.2, 0.25) is 0 Å². The van der Waals surface area contributed by atoms with Crippen LogP contribution in [0.4, 0.5) is 26.7 Å². The number of amides is 2. The Labute approximate surface area is 304 Å². The normalized spacial score (nSPS) is 19.8. The maximum atomic E-state index is 14.9. The number of alkyl carbamates (subject to hydrolysis) is 1. The number of aromatic nitrogens is 6. The maximum absolute atomic E-state index is 14.9. The first-order chi connectivity index (χ1) is 25.1. The SMILES string of the molecule is CC(C)(C[C@]1(c2ccc(-c3cnn(C4CC4)n3)cc2)N=C(N)N([C@H](CNC(=O)OC2CC2)c2ccc(Cl)c(-n3ncnc3C(F)F)c2)C1=O)C(F)(F)F. The molecule has 280 valence electrons. The Morgan fingerprint density at radius 1 is 1.09 bits per heavy atom. The molecule has 2 aliphatic carbocycles. The van der Waals surface area contributed by atoms with Crippen LogP contribution in [0.2, 0.25) is 5.02 Å². The van der Waals surface area contributed by atoms with Gasteiger partial charge < -0.3 is 15.8 Å². The van der Waals surface area contributed by atoms with Crippen LogP contribution in [0.1, 0.15) is 81.4 Å². The Morgan fingerprint density at radius 2 is 1.81 bits per heavy atom. The molecule has 1 aliphatic heterocycles. The average Bonchev–Trinajstić information content (AvgIpc) is 3.99. The van der Waals surface area contributed by atoms with Gasteiger partial charge in [0, 0.05) is 12.1 Å². The highest BCUT2D eigenvalue weighted by Crippen LogP contribution is 2.51. The molecule has 2 saturated carbocycles. The van der Waals surface area contributed by atoms with Crippen LogP contribution in [0.5, 0.6) is 0 Å². The summed E-state index contributed by atoms with van der Waals surface area (Å²) in [6.07, 6.45) is -3.87. The zero-order valence-electron chi connectivity index (χ0n) is 28.4. The fraction of sp³-hybridized carbons (Fsp3) is 0.441. The number of halogens is 6. The maximum Gasteiger partial charge on any atom is 0.407 e. The largest absolute Gasteiger partial charge is 0.446 e. The van der Waals surface area contributed by atoms with Crippen molar-refractivity contribution in [2.45, 2.75) is 82.3 Å². The zero-order chi connectivity index (χ0) is 37.9. The molecular weight excluding hydrogens is 727 g/mol. The summed E-state index contributed by atoms with van der Waals surface area (Å²) < 4.78 is 77.4. The molecule has 0 saturated heterocycles. The number of ether oxygens (including phenoxy) is 1. The molecule has 53 heavy (non-hydrogen) atoms. The minimum atomic E-state index is -4.75. The van der Waals surface area contributed by atoms with Gasteiger partial charge in [0.15, 0.2) is 17.3 Å². The molecule has 3 N–H and O–H groups in total. The predicted octanol–water partition coefficient (Wildman–Crippen LogP) is 6.41. The smallest absolute Gasteiger partial charge is 0.407 e. The number of carbonyl (C=O) groups is 2. The van der Waals surface area contributed by atoms with Crippen molar-refractivity contribution in [3.8, 4) is 16.9 Å². The van der Waals surface area contributed by atoms with Crippen molar-refractivity contribution >= 4 is 29.6 Å². The van der Waals surface area contributed by atoms with Crippen LogP contribution in [0.25, 0.3) is 16.9 Å². The number of carbonyl (C=O) groups excluding carboxylic acids is 2. The van der Waals surface area contributed by atoms with Crippen molar-refractivity contribution in [1.29, 1.82) is 0 Å². The average molecular weight is 761 g/mol. The van der Waals surface area contributed by atoms with Crippen LogP contribution in [0.15, 0.2) is 60.0 Å². The van der Waals surface area contributed by atoms with Crippen LogP contribution in [0, 0.1) is 5.41 Å². The van der Waals surface area contributed by atoms with E-state index in [4.69, 9.17) is 22.1 Å². The highest BCUT2D eigenvalue weighted by atomic mass is 35.5. The van der Waals surface area contributed by atoms with Gasteiger partial charge in [-0.25, -0.2) is 28.2 Å². The van der Waals surface area contributed by atoms with E-state index < -0.39 is 59.8 Å². The zero-order valence-corrected chi connectivity index (χ0v) is 29.2. The molecule has 2 fully saturated rings. The van der Waals surface area contributed by atoms with Gasteiger partial charge >= 0.3 is 12.3 Å². The first-order valence-electron chi connectivity index (χ1n) is 16.8. The van der Waals surface area contributed by atoms with Gasteiger partial charge in [0.1, 0.15) is 18.1 Å². The molecule has 3 aliphatic rings. The summed E-state index contributed by atoms with van der Waals surface area (Å²) in [5.41, 5.74) is 3.32. The van der Waals surface area contributed by atoms with Gasteiger partial charge in [-0.1, -0.05) is 55.8 Å². The van der Waals surface area contributed by atoms with Crippen molar-refractivity contribution in [3.63, 3.8) is 0 Å². The van der Waals surface area contributed by atoms with Crippen molar-refractivity contribution in [3.05, 3.63) is 77.0 Å². The highest BCUT2D eigenvalue weighted by molar-refractivity contribution is 6.32. The van der Waals surface area contributed by atoms with E-state index in [1.165, 1.54) is 30.3 Å². The monoisotopic (exact) mass is 760 g/mol. The van der Waals surface area contributed by atoms with Crippen LogP contribution < -0.4 is 11.1 Å². The lowest BCUT2D eigenvalue weighted by molar-refractivity contribution is -0.218. The van der Waals surface area contributed by atoms with Gasteiger partial charge in [-0.3, -0.25) is 9.69 Å². The molecule has 0 spiro atoms. The third kappa shape index (κ3) is 7.03. The molecule has 2 amide bonds. The Morgan fingerprint density at radius 3 is 2.45 bits per heavy atom. The van der Waals surface area contributed by atoms with Gasteiger partial charge in [-0.05, 0) is 55.4 Å². The quantitative estimate of drug-likeness (QED) is 0.157. The molecule has 2 atom stereocenters. The third-order valence-electron chi connectivity index (χ3n) is 9.53. The number of nitrogens with one attached hydrogen (secondary N) is 1. The summed E-state index contributed by atoms with van der Waals surface area (Å²) in [7, 11) is 0. The number of hydrogen-bond acceptors (Lipinski definition) is 9. The van der Waals surface area contributed by atoms with Crippen molar-refractivity contribution in [2.75, 3.05) is 6.54 Å². The van der Waals surface area contributed by atoms with E-state index in [2.05, 4.69) is 30.6 Å². The summed E-state index contributed by atoms with van der Waals surface area (Å²) in [6.45, 7) is 1.58. The van der Waals surface area contributed by atoms with Gasteiger partial charge in [-0.15, -0.1) is 0 Å². The lowest BCUT2D eigenvalue weighted by atomic mass is 9.74. The number of nitrogens with zero attached hydrogens (tertiary/aromatic N) is 8. The van der Waals surface area contributed by atoms with Crippen LogP contribution in [-0.4, -0.2) is 71.4 Å². The Hall–Kier alpha value is -5.13. The Balaban J connectivity index is 1.29. The number of benzene rings is 2. The highest BCUT2D eigenvalue weighted by Gasteiger charge is 2.59. The Kier molecular flexibility index (Phi) is 9.14. The van der Waals surface area contributed by atoms with Gasteiger partial charge in [0.25, 0.3) is 12.3 Å². The number of hydrogen-bond donors (Lipinski definition) is 2. The molecule has 13 nitrogen and oxygen atoms in total. The fourth-order valence-corrected chi connectivity index (χ4v) is 6.45. The van der Waals surface area contributed by atoms with Crippen LogP contribution in [-0.2, 0) is 15.1 Å². The van der Waals surface area contributed by atoms with Crippen LogP contribution in [0.3, 0.4) is 0 Å². The lowest BCUT2D eigenvalue weighted by Gasteiger charge is -2.37. The second-order valence-corrected chi connectivity index (χ2v) is 14.4. The van der Waals surface area contributed by atoms with Crippen molar-refractivity contribution in [1.82, 2.24) is 40.0 Å². The molecule has 0 unspecified atom stereocenters. The molecule has 0 radical (unpaired) electrons. The summed E-state index contributed by atoms with van der Waals surface area (Å²) in [6, 6.07) is 9.44. The van der Waals surface area contributed by atoms with E-state index >= 15 is 0 Å². The Bertz CT molecular complexity index is 2060. The number of guanidine groups is 1.